The van der Waals surface area contributed by atoms with E-state index in [9.17, 15) is 0 Å². The van der Waals surface area contributed by atoms with E-state index in [0.717, 1.165) is 24.0 Å². The predicted molar refractivity (Wildman–Crippen MR) is 80.7 cm³/mol. The van der Waals surface area contributed by atoms with Crippen LogP contribution in [0.15, 0.2) is 23.7 Å². The summed E-state index contributed by atoms with van der Waals surface area (Å²) in [6.45, 7) is 14.5. The molecule has 4 nitrogen and oxygen atoms in total. The first-order valence-electron chi connectivity index (χ1n) is 7.36. The summed E-state index contributed by atoms with van der Waals surface area (Å²) in [5.74, 6) is 0.150. The third-order valence-corrected chi connectivity index (χ3v) is 4.21. The summed E-state index contributed by atoms with van der Waals surface area (Å²) in [7, 11) is -1.73. The molecule has 2 rings (SSSR count). The largest absolute Gasteiger partial charge is 0.520 e. The highest BCUT2D eigenvalue weighted by Gasteiger charge is 2.42. The van der Waals surface area contributed by atoms with E-state index in [2.05, 4.69) is 26.2 Å². The third-order valence-electron chi connectivity index (χ3n) is 3.41. The Kier molecular flexibility index (Phi) is 4.61. The standard InChI is InChI=1S/C15H26O4Si/c1-6-16-14(19-20(3,4)5)13-11-15(8-7-12(13)2)17-9-10-18-15/h2,6-11H2,1,3-5H3/b14-13-. The summed E-state index contributed by atoms with van der Waals surface area (Å²) in [6, 6.07) is 0. The molecule has 20 heavy (non-hydrogen) atoms. The fourth-order valence-electron chi connectivity index (χ4n) is 2.52. The van der Waals surface area contributed by atoms with Gasteiger partial charge >= 0.3 is 0 Å². The van der Waals surface area contributed by atoms with Gasteiger partial charge in [-0.1, -0.05) is 6.58 Å². The fourth-order valence-corrected chi connectivity index (χ4v) is 3.26. The first kappa shape index (κ1) is 15.6. The number of ether oxygens (including phenoxy) is 3. The van der Waals surface area contributed by atoms with E-state index < -0.39 is 14.1 Å². The Balaban J connectivity index is 2.26. The summed E-state index contributed by atoms with van der Waals surface area (Å²) in [4.78, 5) is 0. The van der Waals surface area contributed by atoms with Crippen molar-refractivity contribution >= 4 is 8.32 Å². The van der Waals surface area contributed by atoms with Gasteiger partial charge in [0.15, 0.2) is 5.79 Å². The molecular weight excluding hydrogens is 272 g/mol. The molecule has 2 aliphatic rings. The van der Waals surface area contributed by atoms with Crippen LogP contribution >= 0.6 is 0 Å². The lowest BCUT2D eigenvalue weighted by Gasteiger charge is -2.35. The molecule has 1 aliphatic heterocycles. The van der Waals surface area contributed by atoms with Gasteiger partial charge in [0.1, 0.15) is 0 Å². The van der Waals surface area contributed by atoms with Crippen LogP contribution in [0.25, 0.3) is 0 Å². The highest BCUT2D eigenvalue weighted by Crippen LogP contribution is 2.42. The second-order valence-electron chi connectivity index (χ2n) is 6.30. The zero-order chi connectivity index (χ0) is 14.8. The number of hydrogen-bond donors (Lipinski definition) is 0. The number of hydrogen-bond acceptors (Lipinski definition) is 4. The van der Waals surface area contributed by atoms with Gasteiger partial charge in [-0.2, -0.15) is 0 Å². The third kappa shape index (κ3) is 3.65. The molecule has 0 aromatic heterocycles. The molecule has 1 saturated carbocycles. The molecule has 0 aromatic rings. The van der Waals surface area contributed by atoms with Crippen molar-refractivity contribution in [3.05, 3.63) is 23.7 Å². The Morgan fingerprint density at radius 3 is 2.50 bits per heavy atom. The molecule has 0 unspecified atom stereocenters. The maximum atomic E-state index is 6.12. The fraction of sp³-hybridized carbons (Fsp3) is 0.733. The summed E-state index contributed by atoms with van der Waals surface area (Å²) >= 11 is 0. The van der Waals surface area contributed by atoms with Crippen LogP contribution in [-0.2, 0) is 18.6 Å². The molecule has 0 N–H and O–H groups in total. The molecule has 0 aromatic carbocycles. The summed E-state index contributed by atoms with van der Waals surface area (Å²) in [5.41, 5.74) is 2.11. The minimum atomic E-state index is -1.73. The van der Waals surface area contributed by atoms with Gasteiger partial charge in [0.05, 0.1) is 19.8 Å². The van der Waals surface area contributed by atoms with Crippen molar-refractivity contribution in [3.63, 3.8) is 0 Å². The van der Waals surface area contributed by atoms with E-state index in [-0.39, 0.29) is 0 Å². The van der Waals surface area contributed by atoms with Crippen LogP contribution in [0.3, 0.4) is 0 Å². The van der Waals surface area contributed by atoms with Crippen LogP contribution in [0.2, 0.25) is 19.6 Å². The van der Waals surface area contributed by atoms with Crippen molar-refractivity contribution in [1.29, 1.82) is 0 Å². The van der Waals surface area contributed by atoms with Crippen LogP contribution in [0, 0.1) is 0 Å². The van der Waals surface area contributed by atoms with E-state index in [4.69, 9.17) is 18.6 Å². The van der Waals surface area contributed by atoms with E-state index in [0.29, 0.717) is 32.2 Å². The molecule has 2 fully saturated rings. The van der Waals surface area contributed by atoms with Gasteiger partial charge in [-0.15, -0.1) is 0 Å². The van der Waals surface area contributed by atoms with Gasteiger partial charge in [0.2, 0.25) is 8.32 Å². The SMILES string of the molecule is C=C1CCC2(C/C1=C(\OCC)O[Si](C)(C)C)OCCO2. The quantitative estimate of drug-likeness (QED) is 0.587. The Morgan fingerprint density at radius 2 is 1.95 bits per heavy atom. The van der Waals surface area contributed by atoms with Gasteiger partial charge in [0.25, 0.3) is 5.95 Å². The lowest BCUT2D eigenvalue weighted by Crippen LogP contribution is -2.35. The lowest BCUT2D eigenvalue weighted by atomic mass is 9.86. The second-order valence-corrected chi connectivity index (χ2v) is 10.7. The molecule has 1 saturated heterocycles. The molecule has 1 spiro atoms. The Morgan fingerprint density at radius 1 is 1.30 bits per heavy atom. The lowest BCUT2D eigenvalue weighted by molar-refractivity contribution is -0.164. The van der Waals surface area contributed by atoms with E-state index in [1.165, 1.54) is 0 Å². The molecular formula is C15H26O4Si. The topological polar surface area (TPSA) is 36.9 Å². The maximum absolute atomic E-state index is 6.12. The first-order valence-corrected chi connectivity index (χ1v) is 10.8. The Bertz CT molecular complexity index is 403. The van der Waals surface area contributed by atoms with Gasteiger partial charge in [0, 0.05) is 18.4 Å². The smallest absolute Gasteiger partial charge is 0.269 e. The number of allylic oxidation sites excluding steroid dienone is 1. The highest BCUT2D eigenvalue weighted by molar-refractivity contribution is 6.70. The molecule has 1 heterocycles. The summed E-state index contributed by atoms with van der Waals surface area (Å²) in [6.07, 6.45) is 2.40. The van der Waals surface area contributed by atoms with Gasteiger partial charge in [-0.3, -0.25) is 0 Å². The summed E-state index contributed by atoms with van der Waals surface area (Å²) < 4.78 is 23.5. The van der Waals surface area contributed by atoms with Crippen molar-refractivity contribution in [2.24, 2.45) is 0 Å². The molecule has 0 bridgehead atoms. The van der Waals surface area contributed by atoms with Crippen molar-refractivity contribution in [2.45, 2.75) is 51.6 Å². The van der Waals surface area contributed by atoms with Crippen LogP contribution in [-0.4, -0.2) is 33.9 Å². The molecule has 0 amide bonds. The molecule has 114 valence electrons. The van der Waals surface area contributed by atoms with Crippen molar-refractivity contribution in [1.82, 2.24) is 0 Å². The van der Waals surface area contributed by atoms with Crippen molar-refractivity contribution in [3.8, 4) is 0 Å². The molecule has 0 radical (unpaired) electrons. The predicted octanol–water partition coefficient (Wildman–Crippen LogP) is 3.57. The Labute approximate surface area is 122 Å². The molecule has 0 atom stereocenters. The molecule has 5 heteroatoms. The van der Waals surface area contributed by atoms with Gasteiger partial charge < -0.3 is 18.6 Å². The Hall–Kier alpha value is -0.783. The zero-order valence-electron chi connectivity index (χ0n) is 13.1. The minimum absolute atomic E-state index is 0.484. The van der Waals surface area contributed by atoms with Crippen molar-refractivity contribution < 1.29 is 18.6 Å². The normalized spacial score (nSPS) is 24.9. The van der Waals surface area contributed by atoms with Gasteiger partial charge in [-0.25, -0.2) is 0 Å². The average molecular weight is 298 g/mol. The minimum Gasteiger partial charge on any atom is -0.520 e. The zero-order valence-corrected chi connectivity index (χ0v) is 14.1. The van der Waals surface area contributed by atoms with Crippen LogP contribution in [0.4, 0.5) is 0 Å². The second kappa shape index (κ2) is 5.91. The maximum Gasteiger partial charge on any atom is 0.269 e. The highest BCUT2D eigenvalue weighted by atomic mass is 28.4. The number of rotatable bonds is 4. The van der Waals surface area contributed by atoms with Crippen LogP contribution in [0.1, 0.15) is 26.2 Å². The average Bonchev–Trinajstić information content (AvgIpc) is 2.79. The molecule has 1 aliphatic carbocycles. The van der Waals surface area contributed by atoms with E-state index >= 15 is 0 Å². The monoisotopic (exact) mass is 298 g/mol. The van der Waals surface area contributed by atoms with Crippen LogP contribution in [0.5, 0.6) is 0 Å². The van der Waals surface area contributed by atoms with Crippen molar-refractivity contribution in [2.75, 3.05) is 19.8 Å². The van der Waals surface area contributed by atoms with E-state index in [1.807, 2.05) is 6.92 Å². The van der Waals surface area contributed by atoms with Crippen LogP contribution < -0.4 is 0 Å². The van der Waals surface area contributed by atoms with Gasteiger partial charge in [-0.05, 0) is 38.6 Å². The summed E-state index contributed by atoms with van der Waals surface area (Å²) in [5, 5.41) is 0. The first-order chi connectivity index (χ1) is 9.35. The van der Waals surface area contributed by atoms with E-state index in [1.54, 1.807) is 0 Å².